The molecule has 3 aromatic heterocycles. The van der Waals surface area contributed by atoms with Crippen LogP contribution in [0.25, 0.3) is 44.5 Å². The quantitative estimate of drug-likeness (QED) is 0.249. The molecule has 0 radical (unpaired) electrons. The van der Waals surface area contributed by atoms with E-state index in [-0.39, 0.29) is 0 Å². The maximum absolute atomic E-state index is 4.81. The Hall–Kier alpha value is -3.76. The average Bonchev–Trinajstić information content (AvgIpc) is 3.61. The fourth-order valence-electron chi connectivity index (χ4n) is 6.67. The Labute approximate surface area is 231 Å². The highest BCUT2D eigenvalue weighted by Crippen LogP contribution is 2.34. The summed E-state index contributed by atoms with van der Waals surface area (Å²) >= 11 is 0. The van der Waals surface area contributed by atoms with Crippen molar-refractivity contribution < 1.29 is 0 Å². The number of aromatic amines is 1. The molecule has 1 saturated heterocycles. The van der Waals surface area contributed by atoms with Gasteiger partial charge in [-0.25, -0.2) is 4.98 Å². The standard InChI is InChI=1S/C35H36N4/c1-23-5-6-24(2)38-34(23)27-10-8-26(9-11-27)33-22-37-35-32(33)20-30(21-36-35)29-12-7-25-13-15-31(16-14-28(25)19-29)39-17-3-4-18-39/h5-12,19-22,31H,3-4,13-18H2,1-2H3,(H,36,37)/t31-/m0/s1. The summed E-state index contributed by atoms with van der Waals surface area (Å²) in [6.07, 6.45) is 11.8. The summed E-state index contributed by atoms with van der Waals surface area (Å²) in [4.78, 5) is 15.7. The molecule has 1 aliphatic heterocycles. The average molecular weight is 513 g/mol. The topological polar surface area (TPSA) is 44.8 Å². The zero-order valence-corrected chi connectivity index (χ0v) is 23.0. The third-order valence-electron chi connectivity index (χ3n) is 8.93. The molecule has 2 aliphatic rings. The van der Waals surface area contributed by atoms with Gasteiger partial charge >= 0.3 is 0 Å². The lowest BCUT2D eigenvalue weighted by molar-refractivity contribution is 0.222. The Kier molecular flexibility index (Phi) is 6.28. The second-order valence-corrected chi connectivity index (χ2v) is 11.5. The largest absolute Gasteiger partial charge is 0.346 e. The Morgan fingerprint density at radius 3 is 2.33 bits per heavy atom. The molecule has 39 heavy (non-hydrogen) atoms. The Balaban J connectivity index is 1.17. The van der Waals surface area contributed by atoms with Crippen LogP contribution in [0, 0.1) is 13.8 Å². The Morgan fingerprint density at radius 2 is 1.51 bits per heavy atom. The van der Waals surface area contributed by atoms with Gasteiger partial charge in [-0.15, -0.1) is 0 Å². The summed E-state index contributed by atoms with van der Waals surface area (Å²) in [5.41, 5.74) is 13.3. The molecule has 1 atom stereocenters. The molecule has 0 amide bonds. The van der Waals surface area contributed by atoms with E-state index in [1.165, 1.54) is 90.6 Å². The van der Waals surface area contributed by atoms with E-state index in [0.717, 1.165) is 34.0 Å². The van der Waals surface area contributed by atoms with E-state index in [4.69, 9.17) is 9.97 Å². The number of hydrogen-bond donors (Lipinski definition) is 1. The number of H-pyrrole nitrogens is 1. The van der Waals surface area contributed by atoms with Crippen molar-refractivity contribution >= 4 is 11.0 Å². The smallest absolute Gasteiger partial charge is 0.137 e. The summed E-state index contributed by atoms with van der Waals surface area (Å²) in [5, 5.41) is 1.16. The highest BCUT2D eigenvalue weighted by atomic mass is 15.2. The number of aryl methyl sites for hydroxylation is 4. The monoisotopic (exact) mass is 512 g/mol. The highest BCUT2D eigenvalue weighted by molar-refractivity contribution is 5.96. The normalized spacial score (nSPS) is 17.8. The van der Waals surface area contributed by atoms with Crippen molar-refractivity contribution in [3.8, 4) is 33.5 Å². The minimum Gasteiger partial charge on any atom is -0.346 e. The summed E-state index contributed by atoms with van der Waals surface area (Å²) < 4.78 is 0. The van der Waals surface area contributed by atoms with Crippen molar-refractivity contribution in [3.05, 3.63) is 95.4 Å². The van der Waals surface area contributed by atoms with Crippen LogP contribution in [-0.2, 0) is 12.8 Å². The molecule has 4 heteroatoms. The van der Waals surface area contributed by atoms with Crippen molar-refractivity contribution in [2.45, 2.75) is 58.4 Å². The molecule has 0 spiro atoms. The van der Waals surface area contributed by atoms with Crippen molar-refractivity contribution in [2.75, 3.05) is 13.1 Å². The third-order valence-corrected chi connectivity index (χ3v) is 8.93. The fourth-order valence-corrected chi connectivity index (χ4v) is 6.67. The number of nitrogens with zero attached hydrogens (tertiary/aromatic N) is 3. The summed E-state index contributed by atoms with van der Waals surface area (Å²) in [7, 11) is 0. The van der Waals surface area contributed by atoms with Gasteiger partial charge in [0.05, 0.1) is 5.69 Å². The van der Waals surface area contributed by atoms with Crippen LogP contribution in [-0.4, -0.2) is 39.0 Å². The van der Waals surface area contributed by atoms with Gasteiger partial charge in [0.2, 0.25) is 0 Å². The SMILES string of the molecule is Cc1ccc(C)c(-c2ccc(-c3c[nH]c4ncc(-c5ccc6c(c5)CC[C@@H](N5CCCC5)CC6)cc34)cc2)n1. The second-order valence-electron chi connectivity index (χ2n) is 11.5. The number of likely N-dealkylation sites (tertiary alicyclic amines) is 1. The molecular formula is C35H36N4. The molecule has 7 rings (SSSR count). The molecular weight excluding hydrogens is 476 g/mol. The van der Waals surface area contributed by atoms with Crippen molar-refractivity contribution in [1.82, 2.24) is 19.9 Å². The molecule has 196 valence electrons. The zero-order valence-electron chi connectivity index (χ0n) is 23.0. The Bertz CT molecular complexity index is 1640. The van der Waals surface area contributed by atoms with Gasteiger partial charge in [0.15, 0.2) is 0 Å². The van der Waals surface area contributed by atoms with E-state index in [1.54, 1.807) is 0 Å². The minimum atomic E-state index is 0.751. The van der Waals surface area contributed by atoms with Gasteiger partial charge < -0.3 is 9.88 Å². The van der Waals surface area contributed by atoms with Crippen LogP contribution in [0.15, 0.2) is 73.1 Å². The summed E-state index contributed by atoms with van der Waals surface area (Å²) in [6, 6.07) is 23.1. The summed E-state index contributed by atoms with van der Waals surface area (Å²) in [5.74, 6) is 0. The minimum absolute atomic E-state index is 0.751. The van der Waals surface area contributed by atoms with Gasteiger partial charge in [-0.2, -0.15) is 0 Å². The molecule has 1 aliphatic carbocycles. The molecule has 2 aromatic carbocycles. The molecule has 4 heterocycles. The van der Waals surface area contributed by atoms with Crippen LogP contribution in [0.4, 0.5) is 0 Å². The van der Waals surface area contributed by atoms with Crippen molar-refractivity contribution in [1.29, 1.82) is 0 Å². The van der Waals surface area contributed by atoms with E-state index in [9.17, 15) is 0 Å². The zero-order chi connectivity index (χ0) is 26.3. The number of pyridine rings is 2. The molecule has 1 N–H and O–H groups in total. The number of fused-ring (bicyclic) bond motifs is 2. The number of hydrogen-bond acceptors (Lipinski definition) is 3. The van der Waals surface area contributed by atoms with Crippen LogP contribution in [0.2, 0.25) is 0 Å². The maximum Gasteiger partial charge on any atom is 0.137 e. The van der Waals surface area contributed by atoms with E-state index in [1.807, 2.05) is 13.1 Å². The first kappa shape index (κ1) is 24.3. The van der Waals surface area contributed by atoms with Crippen LogP contribution in [0.3, 0.4) is 0 Å². The van der Waals surface area contributed by atoms with Gasteiger partial charge in [-0.1, -0.05) is 48.5 Å². The number of aromatic nitrogens is 3. The number of benzene rings is 2. The second kappa shape index (κ2) is 10.1. The van der Waals surface area contributed by atoms with Gasteiger partial charge in [0, 0.05) is 46.2 Å². The highest BCUT2D eigenvalue weighted by Gasteiger charge is 2.24. The Morgan fingerprint density at radius 1 is 0.769 bits per heavy atom. The third kappa shape index (κ3) is 4.68. The molecule has 0 unspecified atom stereocenters. The van der Waals surface area contributed by atoms with Crippen LogP contribution in [0.5, 0.6) is 0 Å². The number of rotatable bonds is 4. The lowest BCUT2D eigenvalue weighted by atomic mass is 9.96. The molecule has 4 nitrogen and oxygen atoms in total. The summed E-state index contributed by atoms with van der Waals surface area (Å²) in [6.45, 7) is 6.75. The predicted molar refractivity (Wildman–Crippen MR) is 161 cm³/mol. The first-order valence-corrected chi connectivity index (χ1v) is 14.5. The van der Waals surface area contributed by atoms with E-state index in [0.29, 0.717) is 0 Å². The fraction of sp³-hybridized carbons (Fsp3) is 0.314. The first-order valence-electron chi connectivity index (χ1n) is 14.5. The van der Waals surface area contributed by atoms with E-state index >= 15 is 0 Å². The first-order chi connectivity index (χ1) is 19.1. The maximum atomic E-state index is 4.81. The van der Waals surface area contributed by atoms with Crippen LogP contribution >= 0.6 is 0 Å². The van der Waals surface area contributed by atoms with E-state index < -0.39 is 0 Å². The van der Waals surface area contributed by atoms with Gasteiger partial charge in [0.25, 0.3) is 0 Å². The van der Waals surface area contributed by atoms with Crippen LogP contribution in [0.1, 0.15) is 48.1 Å². The van der Waals surface area contributed by atoms with Gasteiger partial charge in [0.1, 0.15) is 5.65 Å². The molecule has 5 aromatic rings. The lowest BCUT2D eigenvalue weighted by Crippen LogP contribution is -2.32. The van der Waals surface area contributed by atoms with Gasteiger partial charge in [-0.3, -0.25) is 4.98 Å². The number of nitrogens with one attached hydrogen (secondary N) is 1. The van der Waals surface area contributed by atoms with E-state index in [2.05, 4.69) is 83.7 Å². The van der Waals surface area contributed by atoms with Crippen LogP contribution < -0.4 is 0 Å². The molecule has 0 bridgehead atoms. The van der Waals surface area contributed by atoms with Crippen molar-refractivity contribution in [3.63, 3.8) is 0 Å². The van der Waals surface area contributed by atoms with Gasteiger partial charge in [-0.05, 0) is 105 Å². The predicted octanol–water partition coefficient (Wildman–Crippen LogP) is 7.92. The van der Waals surface area contributed by atoms with Crippen molar-refractivity contribution in [2.24, 2.45) is 0 Å². The lowest BCUT2D eigenvalue weighted by Gasteiger charge is -2.25. The molecule has 1 fully saturated rings. The molecule has 0 saturated carbocycles.